The zero-order chi connectivity index (χ0) is 17.7. The quantitative estimate of drug-likeness (QED) is 0.760. The van der Waals surface area contributed by atoms with Gasteiger partial charge < -0.3 is 20.1 Å². The molecule has 2 aliphatic heterocycles. The average molecular weight is 369 g/mol. The zero-order valence-electron chi connectivity index (χ0n) is 13.9. The van der Waals surface area contributed by atoms with Gasteiger partial charge in [0.15, 0.2) is 0 Å². The molecule has 1 aromatic carbocycles. The van der Waals surface area contributed by atoms with E-state index in [1.807, 2.05) is 0 Å². The van der Waals surface area contributed by atoms with E-state index in [2.05, 4.69) is 10.6 Å². The SMILES string of the molecule is O=C(CC1COCCN1)Nc1cccc(S(=O)(=O)N2CCOCC2)c1. The van der Waals surface area contributed by atoms with E-state index in [0.717, 1.165) is 6.54 Å². The van der Waals surface area contributed by atoms with Crippen LogP contribution in [0.15, 0.2) is 29.2 Å². The molecule has 3 rings (SSSR count). The molecule has 8 nitrogen and oxygen atoms in total. The third kappa shape index (κ3) is 4.77. The van der Waals surface area contributed by atoms with Gasteiger partial charge in [0, 0.05) is 37.8 Å². The Morgan fingerprint density at radius 2 is 2.04 bits per heavy atom. The fraction of sp³-hybridized carbons (Fsp3) is 0.562. The van der Waals surface area contributed by atoms with E-state index in [1.54, 1.807) is 12.1 Å². The average Bonchev–Trinajstić information content (AvgIpc) is 2.63. The van der Waals surface area contributed by atoms with Gasteiger partial charge in [0.05, 0.1) is 31.3 Å². The third-order valence-electron chi connectivity index (χ3n) is 4.16. The Kier molecular flexibility index (Phi) is 6.02. The molecule has 2 aliphatic rings. The molecule has 2 saturated heterocycles. The molecular formula is C16H23N3O5S. The monoisotopic (exact) mass is 369 g/mol. The Bertz CT molecular complexity index is 697. The Labute approximate surface area is 147 Å². The molecule has 25 heavy (non-hydrogen) atoms. The van der Waals surface area contributed by atoms with Crippen molar-refractivity contribution in [3.63, 3.8) is 0 Å². The highest BCUT2D eigenvalue weighted by atomic mass is 32.2. The highest BCUT2D eigenvalue weighted by Crippen LogP contribution is 2.20. The van der Waals surface area contributed by atoms with Crippen LogP contribution in [-0.2, 0) is 24.3 Å². The van der Waals surface area contributed by atoms with Crippen molar-refractivity contribution in [3.05, 3.63) is 24.3 Å². The molecule has 0 radical (unpaired) electrons. The van der Waals surface area contributed by atoms with Gasteiger partial charge in [0.2, 0.25) is 15.9 Å². The molecule has 0 aromatic heterocycles. The number of nitrogens with zero attached hydrogens (tertiary/aromatic N) is 1. The molecule has 2 N–H and O–H groups in total. The smallest absolute Gasteiger partial charge is 0.243 e. The molecule has 9 heteroatoms. The van der Waals surface area contributed by atoms with Gasteiger partial charge in [-0.25, -0.2) is 8.42 Å². The number of anilines is 1. The first-order valence-corrected chi connectivity index (χ1v) is 9.79. The maximum absolute atomic E-state index is 12.7. The fourth-order valence-corrected chi connectivity index (χ4v) is 4.31. The number of carbonyl (C=O) groups is 1. The molecule has 0 aliphatic carbocycles. The van der Waals surface area contributed by atoms with Crippen LogP contribution in [0.5, 0.6) is 0 Å². The van der Waals surface area contributed by atoms with E-state index in [0.29, 0.717) is 45.2 Å². The van der Waals surface area contributed by atoms with Gasteiger partial charge in [-0.3, -0.25) is 4.79 Å². The Balaban J connectivity index is 1.65. The maximum atomic E-state index is 12.7. The second kappa shape index (κ2) is 8.24. The summed E-state index contributed by atoms with van der Waals surface area (Å²) in [7, 11) is -3.58. The minimum Gasteiger partial charge on any atom is -0.379 e. The summed E-state index contributed by atoms with van der Waals surface area (Å²) in [5.74, 6) is -0.177. The molecule has 1 unspecified atom stereocenters. The van der Waals surface area contributed by atoms with Crippen LogP contribution in [0, 0.1) is 0 Å². The fourth-order valence-electron chi connectivity index (χ4n) is 2.86. The number of benzene rings is 1. The van der Waals surface area contributed by atoms with Crippen molar-refractivity contribution in [2.45, 2.75) is 17.4 Å². The lowest BCUT2D eigenvalue weighted by atomic mass is 10.2. The molecule has 2 heterocycles. The van der Waals surface area contributed by atoms with Crippen molar-refractivity contribution in [1.82, 2.24) is 9.62 Å². The van der Waals surface area contributed by atoms with Crippen LogP contribution < -0.4 is 10.6 Å². The minimum absolute atomic E-state index is 0.0194. The number of sulfonamides is 1. The van der Waals surface area contributed by atoms with E-state index in [-0.39, 0.29) is 23.3 Å². The van der Waals surface area contributed by atoms with Gasteiger partial charge in [-0.05, 0) is 18.2 Å². The largest absolute Gasteiger partial charge is 0.379 e. The normalized spacial score (nSPS) is 22.5. The van der Waals surface area contributed by atoms with Crippen molar-refractivity contribution in [1.29, 1.82) is 0 Å². The van der Waals surface area contributed by atoms with Crippen LogP contribution in [0.1, 0.15) is 6.42 Å². The lowest BCUT2D eigenvalue weighted by molar-refractivity contribution is -0.117. The topological polar surface area (TPSA) is 97.0 Å². The predicted molar refractivity (Wildman–Crippen MR) is 91.9 cm³/mol. The predicted octanol–water partition coefficient (Wildman–Crippen LogP) is 0.0245. The molecular weight excluding hydrogens is 346 g/mol. The van der Waals surface area contributed by atoms with E-state index >= 15 is 0 Å². The van der Waals surface area contributed by atoms with Gasteiger partial charge in [0.1, 0.15) is 0 Å². The highest BCUT2D eigenvalue weighted by Gasteiger charge is 2.26. The number of nitrogens with one attached hydrogen (secondary N) is 2. The van der Waals surface area contributed by atoms with E-state index in [1.165, 1.54) is 16.4 Å². The molecule has 138 valence electrons. The van der Waals surface area contributed by atoms with Crippen LogP contribution in [0.3, 0.4) is 0 Å². The van der Waals surface area contributed by atoms with Crippen molar-refractivity contribution < 1.29 is 22.7 Å². The first-order valence-electron chi connectivity index (χ1n) is 8.34. The van der Waals surface area contributed by atoms with E-state index < -0.39 is 10.0 Å². The van der Waals surface area contributed by atoms with Gasteiger partial charge in [-0.15, -0.1) is 0 Å². The number of hydrogen-bond acceptors (Lipinski definition) is 6. The summed E-state index contributed by atoms with van der Waals surface area (Å²) in [6.07, 6.45) is 0.278. The van der Waals surface area contributed by atoms with Crippen molar-refractivity contribution >= 4 is 21.6 Å². The third-order valence-corrected chi connectivity index (χ3v) is 6.05. The van der Waals surface area contributed by atoms with Gasteiger partial charge in [-0.1, -0.05) is 6.07 Å². The van der Waals surface area contributed by atoms with Crippen LogP contribution >= 0.6 is 0 Å². The molecule has 0 saturated carbocycles. The summed E-state index contributed by atoms with van der Waals surface area (Å²) in [6.45, 7) is 3.35. The molecule has 1 amide bonds. The molecule has 0 bridgehead atoms. The Morgan fingerprint density at radius 3 is 2.76 bits per heavy atom. The number of ether oxygens (including phenoxy) is 2. The second-order valence-corrected chi connectivity index (χ2v) is 7.96. The Hall–Kier alpha value is -1.52. The first kappa shape index (κ1) is 18.3. The van der Waals surface area contributed by atoms with Gasteiger partial charge in [-0.2, -0.15) is 4.31 Å². The number of carbonyl (C=O) groups excluding carboxylic acids is 1. The van der Waals surface area contributed by atoms with Gasteiger partial charge >= 0.3 is 0 Å². The minimum atomic E-state index is -3.58. The van der Waals surface area contributed by atoms with E-state index in [9.17, 15) is 13.2 Å². The summed E-state index contributed by atoms with van der Waals surface area (Å²) < 4.78 is 37.3. The van der Waals surface area contributed by atoms with Crippen molar-refractivity contribution in [3.8, 4) is 0 Å². The maximum Gasteiger partial charge on any atom is 0.243 e. The second-order valence-electron chi connectivity index (χ2n) is 6.02. The Morgan fingerprint density at radius 1 is 1.24 bits per heavy atom. The molecule has 2 fully saturated rings. The first-order chi connectivity index (χ1) is 12.1. The zero-order valence-corrected chi connectivity index (χ0v) is 14.8. The lowest BCUT2D eigenvalue weighted by Crippen LogP contribution is -2.43. The standard InChI is InChI=1S/C16H23N3O5S/c20-16(11-14-12-24-7-4-17-14)18-13-2-1-3-15(10-13)25(21,22)19-5-8-23-9-6-19/h1-3,10,14,17H,4-9,11-12H2,(H,18,20). The number of rotatable bonds is 5. The van der Waals surface area contributed by atoms with Crippen LogP contribution in [0.25, 0.3) is 0 Å². The molecule has 1 atom stereocenters. The number of amides is 1. The summed E-state index contributed by atoms with van der Waals surface area (Å²) in [6, 6.07) is 6.32. The summed E-state index contributed by atoms with van der Waals surface area (Å²) in [5.41, 5.74) is 0.469. The number of morpholine rings is 2. The van der Waals surface area contributed by atoms with Crippen molar-refractivity contribution in [2.24, 2.45) is 0 Å². The summed E-state index contributed by atoms with van der Waals surface area (Å²) in [4.78, 5) is 12.3. The van der Waals surface area contributed by atoms with Gasteiger partial charge in [0.25, 0.3) is 0 Å². The molecule has 1 aromatic rings. The van der Waals surface area contributed by atoms with Crippen LogP contribution in [-0.4, -0.2) is 70.7 Å². The lowest BCUT2D eigenvalue weighted by Gasteiger charge is -2.26. The number of hydrogen-bond donors (Lipinski definition) is 2. The van der Waals surface area contributed by atoms with Crippen molar-refractivity contribution in [2.75, 3.05) is 51.4 Å². The summed E-state index contributed by atoms with van der Waals surface area (Å²) >= 11 is 0. The highest BCUT2D eigenvalue weighted by molar-refractivity contribution is 7.89. The van der Waals surface area contributed by atoms with E-state index in [4.69, 9.17) is 9.47 Å². The molecule has 0 spiro atoms. The van der Waals surface area contributed by atoms with Crippen LogP contribution in [0.4, 0.5) is 5.69 Å². The summed E-state index contributed by atoms with van der Waals surface area (Å²) in [5, 5.41) is 5.98. The van der Waals surface area contributed by atoms with Crippen LogP contribution in [0.2, 0.25) is 0 Å².